The van der Waals surface area contributed by atoms with Gasteiger partial charge in [0.15, 0.2) is 0 Å². The van der Waals surface area contributed by atoms with Crippen LogP contribution < -0.4 is 4.74 Å². The molecule has 0 saturated heterocycles. The first kappa shape index (κ1) is 12.1. The Kier molecular flexibility index (Phi) is 4.15. The van der Waals surface area contributed by atoms with Crippen LogP contribution in [-0.4, -0.2) is 17.5 Å². The van der Waals surface area contributed by atoms with Gasteiger partial charge in [0.25, 0.3) is 0 Å². The van der Waals surface area contributed by atoms with Crippen molar-refractivity contribution in [1.29, 1.82) is 0 Å². The Bertz CT molecular complexity index is 387. The van der Waals surface area contributed by atoms with Crippen LogP contribution in [0.2, 0.25) is 0 Å². The van der Waals surface area contributed by atoms with Crippen molar-refractivity contribution in [2.75, 3.05) is 6.61 Å². The number of benzene rings is 1. The molecule has 1 aliphatic carbocycles. The molecule has 17 heavy (non-hydrogen) atoms. The summed E-state index contributed by atoms with van der Waals surface area (Å²) in [7, 11) is 0. The van der Waals surface area contributed by atoms with E-state index in [9.17, 15) is 4.79 Å². The van der Waals surface area contributed by atoms with Crippen molar-refractivity contribution in [3.63, 3.8) is 0 Å². The lowest BCUT2D eigenvalue weighted by molar-refractivity contribution is -0.121. The number of hydrogen-bond acceptors (Lipinski definition) is 3. The van der Waals surface area contributed by atoms with Crippen LogP contribution >= 0.6 is 0 Å². The highest BCUT2D eigenvalue weighted by molar-refractivity contribution is 5.82. The van der Waals surface area contributed by atoms with Crippen LogP contribution in [0.15, 0.2) is 24.3 Å². The van der Waals surface area contributed by atoms with Crippen LogP contribution in [0.1, 0.15) is 31.2 Å². The monoisotopic (exact) mass is 234 g/mol. The second-order valence-electron chi connectivity index (χ2n) is 4.50. The van der Waals surface area contributed by atoms with Gasteiger partial charge in [-0.05, 0) is 37.0 Å². The van der Waals surface area contributed by atoms with E-state index in [-0.39, 0.29) is 12.5 Å². The normalized spacial score (nSPS) is 19.6. The molecule has 0 amide bonds. The van der Waals surface area contributed by atoms with Gasteiger partial charge in [0.2, 0.25) is 0 Å². The van der Waals surface area contributed by atoms with Gasteiger partial charge < -0.3 is 9.84 Å². The minimum Gasteiger partial charge on any atom is -0.494 e. The zero-order valence-electron chi connectivity index (χ0n) is 9.89. The summed E-state index contributed by atoms with van der Waals surface area (Å²) < 4.78 is 5.60. The number of hydrogen-bond donors (Lipinski definition) is 1. The molecule has 1 unspecified atom stereocenters. The number of rotatable bonds is 5. The number of aliphatic hydroxyl groups is 1. The molecule has 1 atom stereocenters. The molecule has 0 aromatic heterocycles. The average molecular weight is 234 g/mol. The molecule has 1 saturated carbocycles. The summed E-state index contributed by atoms with van der Waals surface area (Å²) in [6.07, 6.45) is 3.59. The smallest absolute Gasteiger partial charge is 0.136 e. The Morgan fingerprint density at radius 1 is 1.41 bits per heavy atom. The Labute approximate surface area is 101 Å². The molecule has 1 aromatic rings. The van der Waals surface area contributed by atoms with Crippen LogP contribution in [0, 0.1) is 5.92 Å². The maximum Gasteiger partial charge on any atom is 0.136 e. The lowest BCUT2D eigenvalue weighted by atomic mass is 10.0. The molecule has 1 fully saturated rings. The molecule has 92 valence electrons. The zero-order chi connectivity index (χ0) is 12.1. The van der Waals surface area contributed by atoms with Crippen molar-refractivity contribution in [2.45, 2.75) is 32.3 Å². The fourth-order valence-corrected chi connectivity index (χ4v) is 2.25. The quantitative estimate of drug-likeness (QED) is 0.850. The molecular weight excluding hydrogens is 216 g/mol. The van der Waals surface area contributed by atoms with Crippen LogP contribution in [0.25, 0.3) is 0 Å². The molecule has 1 N–H and O–H groups in total. The summed E-state index contributed by atoms with van der Waals surface area (Å²) in [5.74, 6) is 1.36. The van der Waals surface area contributed by atoms with E-state index in [0.29, 0.717) is 12.4 Å². The first-order chi connectivity index (χ1) is 8.29. The first-order valence-corrected chi connectivity index (χ1v) is 6.15. The van der Waals surface area contributed by atoms with Crippen molar-refractivity contribution < 1.29 is 14.6 Å². The Morgan fingerprint density at radius 2 is 2.29 bits per heavy atom. The van der Waals surface area contributed by atoms with E-state index in [4.69, 9.17) is 9.84 Å². The van der Waals surface area contributed by atoms with Crippen molar-refractivity contribution in [3.05, 3.63) is 29.8 Å². The van der Waals surface area contributed by atoms with Gasteiger partial charge in [0, 0.05) is 12.3 Å². The van der Waals surface area contributed by atoms with Gasteiger partial charge in [-0.25, -0.2) is 0 Å². The van der Waals surface area contributed by atoms with Crippen molar-refractivity contribution in [3.8, 4) is 5.75 Å². The molecule has 0 spiro atoms. The predicted octanol–water partition coefficient (Wildman–Crippen LogP) is 2.32. The number of ether oxygens (including phenoxy) is 1. The van der Waals surface area contributed by atoms with Gasteiger partial charge in [-0.15, -0.1) is 0 Å². The van der Waals surface area contributed by atoms with E-state index in [0.717, 1.165) is 37.0 Å². The number of carbonyl (C=O) groups excluding carboxylic acids is 1. The average Bonchev–Trinajstić information content (AvgIpc) is 2.76. The van der Waals surface area contributed by atoms with Crippen LogP contribution in [0.4, 0.5) is 0 Å². The lowest BCUT2D eigenvalue weighted by Crippen LogP contribution is -2.11. The van der Waals surface area contributed by atoms with E-state index in [1.807, 2.05) is 24.3 Å². The fourth-order valence-electron chi connectivity index (χ4n) is 2.25. The third kappa shape index (κ3) is 3.30. The van der Waals surface area contributed by atoms with E-state index >= 15 is 0 Å². The predicted molar refractivity (Wildman–Crippen MR) is 64.8 cm³/mol. The van der Waals surface area contributed by atoms with Gasteiger partial charge in [-0.1, -0.05) is 12.1 Å². The largest absolute Gasteiger partial charge is 0.494 e. The van der Waals surface area contributed by atoms with Gasteiger partial charge >= 0.3 is 0 Å². The summed E-state index contributed by atoms with van der Waals surface area (Å²) in [5.41, 5.74) is 0.847. The fraction of sp³-hybridized carbons (Fsp3) is 0.500. The summed E-state index contributed by atoms with van der Waals surface area (Å²) in [5, 5.41) is 8.99. The summed E-state index contributed by atoms with van der Waals surface area (Å²) >= 11 is 0. The lowest BCUT2D eigenvalue weighted by Gasteiger charge is -2.10. The molecule has 3 heteroatoms. The zero-order valence-corrected chi connectivity index (χ0v) is 9.89. The second kappa shape index (κ2) is 5.82. The Hall–Kier alpha value is -1.35. The Morgan fingerprint density at radius 3 is 3.00 bits per heavy atom. The molecule has 3 nitrogen and oxygen atoms in total. The third-order valence-corrected chi connectivity index (χ3v) is 3.25. The number of aliphatic hydroxyl groups excluding tert-OH is 1. The van der Waals surface area contributed by atoms with Gasteiger partial charge in [0.05, 0.1) is 13.2 Å². The SMILES string of the molecule is O=C1CCCC1CCOc1cccc(CO)c1. The third-order valence-electron chi connectivity index (χ3n) is 3.25. The van der Waals surface area contributed by atoms with Gasteiger partial charge in [0.1, 0.15) is 11.5 Å². The number of carbonyl (C=O) groups is 1. The molecule has 0 aliphatic heterocycles. The van der Waals surface area contributed by atoms with Crippen LogP contribution in [0.5, 0.6) is 5.75 Å². The standard InChI is InChI=1S/C14H18O3/c15-10-11-3-1-5-13(9-11)17-8-7-12-4-2-6-14(12)16/h1,3,5,9,12,15H,2,4,6-8,10H2. The summed E-state index contributed by atoms with van der Waals surface area (Å²) in [6.45, 7) is 0.601. The summed E-state index contributed by atoms with van der Waals surface area (Å²) in [6, 6.07) is 7.42. The summed E-state index contributed by atoms with van der Waals surface area (Å²) in [4.78, 5) is 11.4. The second-order valence-corrected chi connectivity index (χ2v) is 4.50. The van der Waals surface area contributed by atoms with E-state index in [2.05, 4.69) is 0 Å². The number of Topliss-reactive ketones (excluding diaryl/α,β-unsaturated/α-hetero) is 1. The first-order valence-electron chi connectivity index (χ1n) is 6.15. The Balaban J connectivity index is 1.79. The minimum atomic E-state index is 0.0261. The number of ketones is 1. The van der Waals surface area contributed by atoms with Gasteiger partial charge in [-0.2, -0.15) is 0 Å². The van der Waals surface area contributed by atoms with Crippen LogP contribution in [0.3, 0.4) is 0 Å². The van der Waals surface area contributed by atoms with E-state index in [1.165, 1.54) is 0 Å². The van der Waals surface area contributed by atoms with E-state index < -0.39 is 0 Å². The molecule has 1 aliphatic rings. The molecule has 0 heterocycles. The molecular formula is C14H18O3. The molecule has 2 rings (SSSR count). The highest BCUT2D eigenvalue weighted by Gasteiger charge is 2.23. The highest BCUT2D eigenvalue weighted by atomic mass is 16.5. The van der Waals surface area contributed by atoms with E-state index in [1.54, 1.807) is 0 Å². The maximum atomic E-state index is 11.4. The van der Waals surface area contributed by atoms with Crippen molar-refractivity contribution in [2.24, 2.45) is 5.92 Å². The van der Waals surface area contributed by atoms with Crippen LogP contribution in [-0.2, 0) is 11.4 Å². The minimum absolute atomic E-state index is 0.0261. The highest BCUT2D eigenvalue weighted by Crippen LogP contribution is 2.24. The van der Waals surface area contributed by atoms with Crippen molar-refractivity contribution >= 4 is 5.78 Å². The molecule has 1 aromatic carbocycles. The topological polar surface area (TPSA) is 46.5 Å². The molecule has 0 radical (unpaired) electrons. The van der Waals surface area contributed by atoms with Crippen molar-refractivity contribution in [1.82, 2.24) is 0 Å². The maximum absolute atomic E-state index is 11.4. The molecule has 0 bridgehead atoms. The van der Waals surface area contributed by atoms with Gasteiger partial charge in [-0.3, -0.25) is 4.79 Å².